The zero-order valence-electron chi connectivity index (χ0n) is 8.88. The van der Waals surface area contributed by atoms with E-state index in [1.54, 1.807) is 7.11 Å². The van der Waals surface area contributed by atoms with Crippen molar-refractivity contribution in [3.05, 3.63) is 0 Å². The molecular formula is C10H22N2O. The maximum Gasteiger partial charge on any atom is 0.0589 e. The summed E-state index contributed by atoms with van der Waals surface area (Å²) >= 11 is 0. The van der Waals surface area contributed by atoms with Crippen LogP contribution in [0.2, 0.25) is 0 Å². The van der Waals surface area contributed by atoms with E-state index < -0.39 is 0 Å². The standard InChI is InChI=1S/C10H22N2O/c1-12(7-8-13-2)10(9-11)5-3-4-6-10/h3-9,11H2,1-2H3. The molecule has 1 aliphatic rings. The maximum atomic E-state index is 5.86. The first kappa shape index (κ1) is 11.0. The van der Waals surface area contributed by atoms with Gasteiger partial charge in [0.1, 0.15) is 0 Å². The van der Waals surface area contributed by atoms with Crippen molar-refractivity contribution in [2.45, 2.75) is 31.2 Å². The predicted octanol–water partition coefficient (Wildman–Crippen LogP) is 0.836. The minimum atomic E-state index is 0.276. The Balaban J connectivity index is 2.44. The van der Waals surface area contributed by atoms with Crippen LogP contribution in [0.1, 0.15) is 25.7 Å². The maximum absolute atomic E-state index is 5.86. The van der Waals surface area contributed by atoms with Crippen LogP contribution >= 0.6 is 0 Å². The summed E-state index contributed by atoms with van der Waals surface area (Å²) in [5.41, 5.74) is 6.14. The largest absolute Gasteiger partial charge is 0.383 e. The molecule has 13 heavy (non-hydrogen) atoms. The Labute approximate surface area is 81.2 Å². The average Bonchev–Trinajstić information content (AvgIpc) is 2.63. The molecule has 0 radical (unpaired) electrons. The lowest BCUT2D eigenvalue weighted by Crippen LogP contribution is -2.51. The summed E-state index contributed by atoms with van der Waals surface area (Å²) in [5, 5.41) is 0. The van der Waals surface area contributed by atoms with Gasteiger partial charge in [-0.05, 0) is 19.9 Å². The highest BCUT2D eigenvalue weighted by molar-refractivity contribution is 4.94. The highest BCUT2D eigenvalue weighted by Crippen LogP contribution is 2.33. The van der Waals surface area contributed by atoms with Crippen molar-refractivity contribution in [2.24, 2.45) is 5.73 Å². The predicted molar refractivity (Wildman–Crippen MR) is 54.8 cm³/mol. The number of hydrogen-bond donors (Lipinski definition) is 1. The zero-order valence-corrected chi connectivity index (χ0v) is 8.88. The van der Waals surface area contributed by atoms with Gasteiger partial charge in [0.2, 0.25) is 0 Å². The molecule has 0 bridgehead atoms. The Kier molecular flexibility index (Phi) is 4.16. The van der Waals surface area contributed by atoms with Crippen molar-refractivity contribution in [1.29, 1.82) is 0 Å². The van der Waals surface area contributed by atoms with E-state index in [9.17, 15) is 0 Å². The summed E-state index contributed by atoms with van der Waals surface area (Å²) in [4.78, 5) is 2.38. The smallest absolute Gasteiger partial charge is 0.0589 e. The molecule has 0 aromatic rings. The Bertz CT molecular complexity index is 144. The van der Waals surface area contributed by atoms with E-state index in [2.05, 4.69) is 11.9 Å². The fourth-order valence-electron chi connectivity index (χ4n) is 2.24. The second kappa shape index (κ2) is 4.94. The first-order valence-electron chi connectivity index (χ1n) is 5.15. The molecule has 0 saturated heterocycles. The fraction of sp³-hybridized carbons (Fsp3) is 1.00. The molecule has 0 heterocycles. The monoisotopic (exact) mass is 186 g/mol. The highest BCUT2D eigenvalue weighted by atomic mass is 16.5. The third-order valence-corrected chi connectivity index (χ3v) is 3.35. The van der Waals surface area contributed by atoms with Crippen molar-refractivity contribution >= 4 is 0 Å². The Morgan fingerprint density at radius 1 is 1.38 bits per heavy atom. The second-order valence-corrected chi connectivity index (χ2v) is 4.05. The third-order valence-electron chi connectivity index (χ3n) is 3.35. The van der Waals surface area contributed by atoms with Crippen molar-refractivity contribution in [3.63, 3.8) is 0 Å². The molecule has 1 saturated carbocycles. The van der Waals surface area contributed by atoms with Crippen LogP contribution in [0, 0.1) is 0 Å². The third kappa shape index (κ3) is 2.42. The number of rotatable bonds is 5. The van der Waals surface area contributed by atoms with E-state index >= 15 is 0 Å². The van der Waals surface area contributed by atoms with Crippen LogP contribution in [-0.2, 0) is 4.74 Å². The van der Waals surface area contributed by atoms with Crippen LogP contribution in [-0.4, -0.2) is 44.3 Å². The molecule has 0 atom stereocenters. The lowest BCUT2D eigenvalue weighted by molar-refractivity contribution is 0.0869. The van der Waals surface area contributed by atoms with Gasteiger partial charge < -0.3 is 10.5 Å². The van der Waals surface area contributed by atoms with Crippen molar-refractivity contribution < 1.29 is 4.74 Å². The van der Waals surface area contributed by atoms with Crippen LogP contribution in [0.15, 0.2) is 0 Å². The number of likely N-dealkylation sites (N-methyl/N-ethyl adjacent to an activating group) is 1. The second-order valence-electron chi connectivity index (χ2n) is 4.05. The Morgan fingerprint density at radius 2 is 2.00 bits per heavy atom. The van der Waals surface area contributed by atoms with E-state index in [1.165, 1.54) is 25.7 Å². The van der Waals surface area contributed by atoms with Gasteiger partial charge in [-0.15, -0.1) is 0 Å². The van der Waals surface area contributed by atoms with Gasteiger partial charge in [-0.2, -0.15) is 0 Å². The van der Waals surface area contributed by atoms with E-state index in [4.69, 9.17) is 10.5 Å². The van der Waals surface area contributed by atoms with E-state index in [-0.39, 0.29) is 5.54 Å². The minimum absolute atomic E-state index is 0.276. The summed E-state index contributed by atoms with van der Waals surface area (Å²) in [6.45, 7) is 2.58. The van der Waals surface area contributed by atoms with Gasteiger partial charge in [-0.1, -0.05) is 12.8 Å². The quantitative estimate of drug-likeness (QED) is 0.691. The zero-order chi connectivity index (χ0) is 9.73. The molecule has 0 spiro atoms. The highest BCUT2D eigenvalue weighted by Gasteiger charge is 2.35. The number of methoxy groups -OCH3 is 1. The molecule has 1 aliphatic carbocycles. The topological polar surface area (TPSA) is 38.5 Å². The number of nitrogens with two attached hydrogens (primary N) is 1. The van der Waals surface area contributed by atoms with Gasteiger partial charge in [0, 0.05) is 25.7 Å². The molecule has 78 valence electrons. The molecule has 0 aliphatic heterocycles. The van der Waals surface area contributed by atoms with Crippen LogP contribution in [0.5, 0.6) is 0 Å². The lowest BCUT2D eigenvalue weighted by atomic mass is 9.96. The molecule has 2 N–H and O–H groups in total. The van der Waals surface area contributed by atoms with Gasteiger partial charge in [-0.3, -0.25) is 4.90 Å². The van der Waals surface area contributed by atoms with Crippen molar-refractivity contribution in [1.82, 2.24) is 4.90 Å². The summed E-state index contributed by atoms with van der Waals surface area (Å²) in [6.07, 6.45) is 5.16. The Morgan fingerprint density at radius 3 is 2.46 bits per heavy atom. The molecule has 3 nitrogen and oxygen atoms in total. The molecule has 1 fully saturated rings. The summed E-state index contributed by atoms with van der Waals surface area (Å²) in [6, 6.07) is 0. The van der Waals surface area contributed by atoms with Crippen LogP contribution < -0.4 is 5.73 Å². The van der Waals surface area contributed by atoms with Crippen LogP contribution in [0.3, 0.4) is 0 Å². The number of nitrogens with zero attached hydrogens (tertiary/aromatic N) is 1. The molecule has 0 amide bonds. The SMILES string of the molecule is COCCN(C)C1(CN)CCCC1. The molecule has 3 heteroatoms. The minimum Gasteiger partial charge on any atom is -0.383 e. The molecule has 0 unspecified atom stereocenters. The molecule has 0 aromatic carbocycles. The van der Waals surface area contributed by atoms with E-state index in [1.807, 2.05) is 0 Å². The van der Waals surface area contributed by atoms with Crippen LogP contribution in [0.25, 0.3) is 0 Å². The van der Waals surface area contributed by atoms with Crippen molar-refractivity contribution in [2.75, 3.05) is 33.9 Å². The van der Waals surface area contributed by atoms with Gasteiger partial charge in [-0.25, -0.2) is 0 Å². The Hall–Kier alpha value is -0.120. The molecular weight excluding hydrogens is 164 g/mol. The van der Waals surface area contributed by atoms with Crippen molar-refractivity contribution in [3.8, 4) is 0 Å². The normalized spacial score (nSPS) is 21.2. The number of hydrogen-bond acceptors (Lipinski definition) is 3. The van der Waals surface area contributed by atoms with Gasteiger partial charge in [0.15, 0.2) is 0 Å². The average molecular weight is 186 g/mol. The molecule has 0 aromatic heterocycles. The lowest BCUT2D eigenvalue weighted by Gasteiger charge is -2.37. The summed E-state index contributed by atoms with van der Waals surface area (Å²) < 4.78 is 5.08. The first-order valence-corrected chi connectivity index (χ1v) is 5.15. The van der Waals surface area contributed by atoms with Gasteiger partial charge in [0.25, 0.3) is 0 Å². The number of ether oxygens (including phenoxy) is 1. The molecule has 1 rings (SSSR count). The van der Waals surface area contributed by atoms with Gasteiger partial charge in [0.05, 0.1) is 6.61 Å². The first-order chi connectivity index (χ1) is 6.25. The summed E-state index contributed by atoms with van der Waals surface area (Å²) in [5.74, 6) is 0. The summed E-state index contributed by atoms with van der Waals surface area (Å²) in [7, 11) is 3.91. The van der Waals surface area contributed by atoms with E-state index in [0.29, 0.717) is 0 Å². The fourth-order valence-corrected chi connectivity index (χ4v) is 2.24. The van der Waals surface area contributed by atoms with Gasteiger partial charge >= 0.3 is 0 Å². The van der Waals surface area contributed by atoms with Crippen LogP contribution in [0.4, 0.5) is 0 Å². The van der Waals surface area contributed by atoms with E-state index in [0.717, 1.165) is 19.7 Å².